The van der Waals surface area contributed by atoms with Crippen molar-refractivity contribution in [3.05, 3.63) is 66.0 Å². The fraction of sp³-hybridized carbons (Fsp3) is 0.222. The van der Waals surface area contributed by atoms with Crippen LogP contribution in [0.25, 0.3) is 5.69 Å². The third-order valence-corrected chi connectivity index (χ3v) is 6.22. The van der Waals surface area contributed by atoms with Crippen molar-refractivity contribution in [2.75, 3.05) is 26.6 Å². The lowest BCUT2D eigenvalue weighted by Crippen LogP contribution is -2.15. The standard InChI is InChI=1S/C18H19F2N4O4P/c1-26-17-7-5-4-6-16(17)24-11-15(22-23-24)18(29(25,27-2)28-3)21-14-9-8-12(19)10-13(14)20/h4-11,18,21H,1-3H3. The highest BCUT2D eigenvalue weighted by Crippen LogP contribution is 2.59. The predicted octanol–water partition coefficient (Wildman–Crippen LogP) is 4.15. The molecule has 1 atom stereocenters. The molecule has 0 radical (unpaired) electrons. The van der Waals surface area contributed by atoms with E-state index in [2.05, 4.69) is 15.6 Å². The molecule has 2 aromatic carbocycles. The number of nitrogens with one attached hydrogen (secondary N) is 1. The minimum atomic E-state index is -3.83. The van der Waals surface area contributed by atoms with Gasteiger partial charge in [-0.3, -0.25) is 4.57 Å². The van der Waals surface area contributed by atoms with E-state index in [4.69, 9.17) is 13.8 Å². The summed E-state index contributed by atoms with van der Waals surface area (Å²) >= 11 is 0. The summed E-state index contributed by atoms with van der Waals surface area (Å²) in [5.41, 5.74) is 0.648. The number of para-hydroxylation sites is 2. The Bertz CT molecular complexity index is 1040. The molecule has 3 aromatic rings. The summed E-state index contributed by atoms with van der Waals surface area (Å²) in [6.07, 6.45) is 1.49. The van der Waals surface area contributed by atoms with E-state index >= 15 is 0 Å². The molecule has 29 heavy (non-hydrogen) atoms. The van der Waals surface area contributed by atoms with E-state index in [0.29, 0.717) is 17.5 Å². The van der Waals surface area contributed by atoms with Gasteiger partial charge in [-0.15, -0.1) is 5.10 Å². The number of hydrogen-bond donors (Lipinski definition) is 1. The first kappa shape index (κ1) is 20.9. The normalized spacial score (nSPS) is 12.6. The van der Waals surface area contributed by atoms with Crippen LogP contribution in [-0.2, 0) is 13.6 Å². The topological polar surface area (TPSA) is 87.5 Å². The number of rotatable bonds is 8. The molecule has 0 saturated carbocycles. The first-order valence-electron chi connectivity index (χ1n) is 8.40. The molecule has 1 N–H and O–H groups in total. The summed E-state index contributed by atoms with van der Waals surface area (Å²) in [5.74, 6) is -2.28. The average molecular weight is 424 g/mol. The van der Waals surface area contributed by atoms with Crippen LogP contribution in [0.5, 0.6) is 5.75 Å². The van der Waals surface area contributed by atoms with Gasteiger partial charge in [0, 0.05) is 20.3 Å². The molecule has 1 aromatic heterocycles. The van der Waals surface area contributed by atoms with Crippen molar-refractivity contribution in [1.82, 2.24) is 15.0 Å². The van der Waals surface area contributed by atoms with Crippen molar-refractivity contribution in [3.63, 3.8) is 0 Å². The van der Waals surface area contributed by atoms with Gasteiger partial charge >= 0.3 is 7.60 Å². The number of nitrogens with zero attached hydrogens (tertiary/aromatic N) is 3. The maximum absolute atomic E-state index is 14.2. The summed E-state index contributed by atoms with van der Waals surface area (Å²) < 4.78 is 57.4. The largest absolute Gasteiger partial charge is 0.494 e. The van der Waals surface area contributed by atoms with Crippen molar-refractivity contribution < 1.29 is 27.1 Å². The van der Waals surface area contributed by atoms with Gasteiger partial charge in [-0.05, 0) is 24.3 Å². The van der Waals surface area contributed by atoms with E-state index in [1.165, 1.54) is 38.3 Å². The third-order valence-electron chi connectivity index (χ3n) is 4.17. The molecule has 0 aliphatic carbocycles. The number of aromatic nitrogens is 3. The second-order valence-electron chi connectivity index (χ2n) is 5.84. The third kappa shape index (κ3) is 4.29. The molecule has 0 saturated heterocycles. The molecule has 1 heterocycles. The summed E-state index contributed by atoms with van der Waals surface area (Å²) in [5, 5.41) is 10.8. The Morgan fingerprint density at radius 1 is 1.10 bits per heavy atom. The van der Waals surface area contributed by atoms with Crippen LogP contribution in [0.2, 0.25) is 0 Å². The second-order valence-corrected chi connectivity index (χ2v) is 8.16. The Morgan fingerprint density at radius 2 is 1.83 bits per heavy atom. The molecular weight excluding hydrogens is 405 g/mol. The molecule has 0 fully saturated rings. The van der Waals surface area contributed by atoms with E-state index < -0.39 is 25.0 Å². The first-order chi connectivity index (χ1) is 13.9. The van der Waals surface area contributed by atoms with Gasteiger partial charge in [0.05, 0.1) is 19.0 Å². The number of benzene rings is 2. The molecule has 8 nitrogen and oxygen atoms in total. The zero-order valence-electron chi connectivity index (χ0n) is 15.9. The molecule has 0 aliphatic heterocycles. The number of hydrogen-bond acceptors (Lipinski definition) is 7. The predicted molar refractivity (Wildman–Crippen MR) is 102 cm³/mol. The van der Waals surface area contributed by atoms with Gasteiger partial charge in [0.2, 0.25) is 0 Å². The Labute approximate surface area is 165 Å². The van der Waals surface area contributed by atoms with E-state index in [0.717, 1.165) is 6.07 Å². The maximum atomic E-state index is 14.2. The zero-order valence-corrected chi connectivity index (χ0v) is 16.8. The fourth-order valence-electron chi connectivity index (χ4n) is 2.69. The van der Waals surface area contributed by atoms with Gasteiger partial charge < -0.3 is 19.1 Å². The lowest BCUT2D eigenvalue weighted by atomic mass is 10.3. The van der Waals surface area contributed by atoms with Crippen LogP contribution in [0, 0.1) is 11.6 Å². The lowest BCUT2D eigenvalue weighted by molar-refractivity contribution is 0.268. The number of halogens is 2. The van der Waals surface area contributed by atoms with Crippen LogP contribution < -0.4 is 10.1 Å². The van der Waals surface area contributed by atoms with E-state index in [1.807, 2.05) is 0 Å². The molecule has 0 bridgehead atoms. The molecule has 1 unspecified atom stereocenters. The quantitative estimate of drug-likeness (QED) is 0.544. The van der Waals surface area contributed by atoms with E-state index in [-0.39, 0.29) is 11.4 Å². The lowest BCUT2D eigenvalue weighted by Gasteiger charge is -2.24. The van der Waals surface area contributed by atoms with Gasteiger partial charge in [0.25, 0.3) is 0 Å². The smallest absolute Gasteiger partial charge is 0.358 e. The van der Waals surface area contributed by atoms with E-state index in [9.17, 15) is 13.3 Å². The Morgan fingerprint density at radius 3 is 2.48 bits per heavy atom. The van der Waals surface area contributed by atoms with Crippen LogP contribution in [0.1, 0.15) is 11.5 Å². The van der Waals surface area contributed by atoms with Crippen molar-refractivity contribution in [1.29, 1.82) is 0 Å². The van der Waals surface area contributed by atoms with Gasteiger partial charge in [0.15, 0.2) is 5.78 Å². The summed E-state index contributed by atoms with van der Waals surface area (Å²) in [6, 6.07) is 10.0. The van der Waals surface area contributed by atoms with Gasteiger partial charge in [-0.2, -0.15) is 0 Å². The second kappa shape index (κ2) is 8.69. The molecule has 154 valence electrons. The Balaban J connectivity index is 2.03. The molecule has 0 aliphatic rings. The van der Waals surface area contributed by atoms with Crippen LogP contribution in [0.3, 0.4) is 0 Å². The highest BCUT2D eigenvalue weighted by molar-refractivity contribution is 7.54. The molecular formula is C18H19F2N4O4P. The van der Waals surface area contributed by atoms with Crippen molar-refractivity contribution in [2.24, 2.45) is 0 Å². The van der Waals surface area contributed by atoms with Crippen LogP contribution in [0.4, 0.5) is 14.5 Å². The Hall–Kier alpha value is -2.81. The number of ether oxygens (including phenoxy) is 1. The highest BCUT2D eigenvalue weighted by Gasteiger charge is 2.38. The van der Waals surface area contributed by atoms with Crippen LogP contribution in [-0.4, -0.2) is 36.3 Å². The molecule has 0 spiro atoms. The SMILES string of the molecule is COc1ccccc1-n1cc(C(Nc2ccc(F)cc2F)P(=O)(OC)OC)nn1. The molecule has 11 heteroatoms. The fourth-order valence-corrected chi connectivity index (χ4v) is 4.00. The monoisotopic (exact) mass is 424 g/mol. The zero-order chi connectivity index (χ0) is 21.0. The molecule has 3 rings (SSSR count). The van der Waals surface area contributed by atoms with E-state index in [1.54, 1.807) is 24.3 Å². The molecule has 0 amide bonds. The van der Waals surface area contributed by atoms with Crippen molar-refractivity contribution in [2.45, 2.75) is 5.78 Å². The Kier molecular flexibility index (Phi) is 6.26. The van der Waals surface area contributed by atoms with Crippen LogP contribution in [0.15, 0.2) is 48.7 Å². The first-order valence-corrected chi connectivity index (χ1v) is 10.0. The number of methoxy groups -OCH3 is 1. The summed E-state index contributed by atoms with van der Waals surface area (Å²) in [4.78, 5) is 0. The van der Waals surface area contributed by atoms with Crippen molar-refractivity contribution in [3.8, 4) is 11.4 Å². The summed E-state index contributed by atoms with van der Waals surface area (Å²) in [6.45, 7) is 0. The van der Waals surface area contributed by atoms with Crippen LogP contribution >= 0.6 is 7.60 Å². The van der Waals surface area contributed by atoms with Crippen molar-refractivity contribution >= 4 is 13.3 Å². The van der Waals surface area contributed by atoms with Gasteiger partial charge in [-0.25, -0.2) is 13.5 Å². The average Bonchev–Trinajstić information content (AvgIpc) is 3.22. The van der Waals surface area contributed by atoms with Gasteiger partial charge in [0.1, 0.15) is 28.8 Å². The van der Waals surface area contributed by atoms with Gasteiger partial charge in [-0.1, -0.05) is 17.3 Å². The maximum Gasteiger partial charge on any atom is 0.358 e. The number of anilines is 1. The highest BCUT2D eigenvalue weighted by atomic mass is 31.2. The minimum absolute atomic E-state index is 0.0995. The summed E-state index contributed by atoms with van der Waals surface area (Å²) in [7, 11) is 0.0883. The minimum Gasteiger partial charge on any atom is -0.494 e.